The maximum absolute atomic E-state index is 13.1. The zero-order valence-corrected chi connectivity index (χ0v) is 21.2. The summed E-state index contributed by atoms with van der Waals surface area (Å²) < 4.78 is 44.3. The first-order valence-electron chi connectivity index (χ1n) is 11.2. The number of carbonyl (C=O) groups is 4. The Labute approximate surface area is 216 Å². The van der Waals surface area contributed by atoms with Gasteiger partial charge in [-0.05, 0) is 42.7 Å². The first kappa shape index (κ1) is 29.6. The van der Waals surface area contributed by atoms with Crippen molar-refractivity contribution in [1.29, 1.82) is 0 Å². The monoisotopic (exact) mass is 541 g/mol. The fourth-order valence-corrected chi connectivity index (χ4v) is 3.52. The van der Waals surface area contributed by atoms with Crippen molar-refractivity contribution in [2.75, 3.05) is 7.11 Å². The topological polar surface area (TPSA) is 114 Å². The Morgan fingerprint density at radius 1 is 0.865 bits per heavy atom. The molecule has 3 unspecified atom stereocenters. The number of carbonyl (C=O) groups excluding carboxylic acids is 4. The van der Waals surface area contributed by atoms with Crippen LogP contribution >= 0.6 is 11.6 Å². The van der Waals surface area contributed by atoms with E-state index in [2.05, 4.69) is 16.0 Å². The molecule has 3 atom stereocenters. The third kappa shape index (κ3) is 7.94. The third-order valence-corrected chi connectivity index (χ3v) is 5.71. The Bertz CT molecular complexity index is 1140. The molecule has 3 N–H and O–H groups in total. The highest BCUT2D eigenvalue weighted by molar-refractivity contribution is 6.33. The van der Waals surface area contributed by atoms with Gasteiger partial charge in [-0.3, -0.25) is 19.2 Å². The molecule has 12 heteroatoms. The van der Waals surface area contributed by atoms with Crippen molar-refractivity contribution >= 4 is 35.1 Å². The quantitative estimate of drug-likeness (QED) is 0.425. The fraction of sp³-hybridized carbons (Fsp3) is 0.360. The number of ketones is 1. The first-order valence-corrected chi connectivity index (χ1v) is 11.5. The van der Waals surface area contributed by atoms with Gasteiger partial charge in [-0.2, -0.15) is 13.2 Å². The van der Waals surface area contributed by atoms with Gasteiger partial charge in [0.2, 0.25) is 11.8 Å². The van der Waals surface area contributed by atoms with E-state index in [1.807, 2.05) is 0 Å². The van der Waals surface area contributed by atoms with E-state index in [9.17, 15) is 32.3 Å². The molecule has 0 saturated carbocycles. The largest absolute Gasteiger partial charge is 0.497 e. The normalized spacial score (nSPS) is 13.8. The average Bonchev–Trinajstić information content (AvgIpc) is 2.84. The van der Waals surface area contributed by atoms with Gasteiger partial charge >= 0.3 is 6.18 Å². The van der Waals surface area contributed by atoms with E-state index >= 15 is 0 Å². The van der Waals surface area contributed by atoms with Crippen molar-refractivity contribution in [2.24, 2.45) is 5.92 Å². The molecule has 0 radical (unpaired) electrons. The van der Waals surface area contributed by atoms with E-state index in [-0.39, 0.29) is 16.1 Å². The van der Waals surface area contributed by atoms with Gasteiger partial charge in [-0.25, -0.2) is 0 Å². The number of hydrogen-bond acceptors (Lipinski definition) is 5. The van der Waals surface area contributed by atoms with Crippen LogP contribution in [0.3, 0.4) is 0 Å². The average molecular weight is 542 g/mol. The standard InChI is InChI=1S/C25H27ClF3N3O5/c1-13(2)19(21(33)25(27,28)29)31-24(36)20(15-9-11-16(37-4)12-10-15)32-22(34)14(3)30-23(35)17-7-5-6-8-18(17)26/h5-14,19-20H,1-4H3,(H,30,35)(H,31,36)(H,32,34). The molecule has 0 spiro atoms. The molecule has 0 aliphatic rings. The van der Waals surface area contributed by atoms with Crippen LogP contribution in [0, 0.1) is 5.92 Å². The van der Waals surface area contributed by atoms with Gasteiger partial charge in [0.1, 0.15) is 17.8 Å². The SMILES string of the molecule is COc1ccc(C(NC(=O)C(C)NC(=O)c2ccccc2Cl)C(=O)NC(C(=O)C(F)(F)F)C(C)C)cc1. The molecule has 2 rings (SSSR count). The van der Waals surface area contributed by atoms with Crippen LogP contribution in [0.4, 0.5) is 13.2 Å². The van der Waals surface area contributed by atoms with Crippen molar-refractivity contribution in [3.05, 3.63) is 64.7 Å². The van der Waals surface area contributed by atoms with Gasteiger partial charge in [0.15, 0.2) is 0 Å². The lowest BCUT2D eigenvalue weighted by atomic mass is 9.97. The van der Waals surface area contributed by atoms with Gasteiger partial charge in [-0.1, -0.05) is 49.7 Å². The molecule has 0 bridgehead atoms. The van der Waals surface area contributed by atoms with Crippen molar-refractivity contribution in [2.45, 2.75) is 45.1 Å². The van der Waals surface area contributed by atoms with E-state index < -0.39 is 53.7 Å². The lowest BCUT2D eigenvalue weighted by Crippen LogP contribution is -2.54. The number of rotatable bonds is 10. The van der Waals surface area contributed by atoms with Crippen LogP contribution in [-0.4, -0.2) is 48.9 Å². The maximum atomic E-state index is 13.1. The summed E-state index contributed by atoms with van der Waals surface area (Å²) in [6, 6.07) is 7.51. The maximum Gasteiger partial charge on any atom is 0.452 e. The fourth-order valence-electron chi connectivity index (χ4n) is 3.30. The smallest absolute Gasteiger partial charge is 0.452 e. The van der Waals surface area contributed by atoms with Gasteiger partial charge in [0.25, 0.3) is 11.7 Å². The van der Waals surface area contributed by atoms with E-state index in [0.717, 1.165) is 0 Å². The number of halogens is 4. The molecule has 8 nitrogen and oxygen atoms in total. The lowest BCUT2D eigenvalue weighted by Gasteiger charge is -2.26. The minimum Gasteiger partial charge on any atom is -0.497 e. The number of nitrogens with one attached hydrogen (secondary N) is 3. The number of methoxy groups -OCH3 is 1. The predicted octanol–water partition coefficient (Wildman–Crippen LogP) is 3.60. The Morgan fingerprint density at radius 3 is 1.97 bits per heavy atom. The Balaban J connectivity index is 2.28. The zero-order chi connectivity index (χ0) is 27.9. The van der Waals surface area contributed by atoms with E-state index in [1.54, 1.807) is 12.1 Å². The van der Waals surface area contributed by atoms with Crippen molar-refractivity contribution < 1.29 is 37.1 Å². The van der Waals surface area contributed by atoms with Crippen molar-refractivity contribution in [3.63, 3.8) is 0 Å². The molecular weight excluding hydrogens is 515 g/mol. The molecular formula is C25H27ClF3N3O5. The molecule has 0 aliphatic carbocycles. The second kappa shape index (κ2) is 12.6. The highest BCUT2D eigenvalue weighted by Crippen LogP contribution is 2.23. The lowest BCUT2D eigenvalue weighted by molar-refractivity contribution is -0.175. The Hall–Kier alpha value is -3.60. The molecule has 0 saturated heterocycles. The molecule has 37 heavy (non-hydrogen) atoms. The minimum atomic E-state index is -5.17. The summed E-state index contributed by atoms with van der Waals surface area (Å²) in [6.45, 7) is 4.06. The minimum absolute atomic E-state index is 0.124. The van der Waals surface area contributed by atoms with Gasteiger partial charge < -0.3 is 20.7 Å². The molecule has 2 aromatic rings. The number of hydrogen-bond donors (Lipinski definition) is 3. The van der Waals surface area contributed by atoms with Crippen molar-refractivity contribution in [1.82, 2.24) is 16.0 Å². The van der Waals surface area contributed by atoms with Crippen LogP contribution in [0.5, 0.6) is 5.75 Å². The summed E-state index contributed by atoms with van der Waals surface area (Å²) in [5.41, 5.74) is 0.331. The summed E-state index contributed by atoms with van der Waals surface area (Å²) in [5, 5.41) is 7.16. The van der Waals surface area contributed by atoms with E-state index in [4.69, 9.17) is 16.3 Å². The second-order valence-electron chi connectivity index (χ2n) is 8.48. The van der Waals surface area contributed by atoms with Crippen LogP contribution in [-0.2, 0) is 14.4 Å². The Kier molecular flexibility index (Phi) is 10.1. The molecule has 3 amide bonds. The van der Waals surface area contributed by atoms with Gasteiger partial charge in [0, 0.05) is 0 Å². The third-order valence-electron chi connectivity index (χ3n) is 5.38. The summed E-state index contributed by atoms with van der Waals surface area (Å²) in [7, 11) is 1.42. The van der Waals surface area contributed by atoms with E-state index in [1.165, 1.54) is 64.3 Å². The van der Waals surface area contributed by atoms with Gasteiger partial charge in [0.05, 0.1) is 23.7 Å². The van der Waals surface area contributed by atoms with Crippen molar-refractivity contribution in [3.8, 4) is 5.75 Å². The van der Waals surface area contributed by atoms with Gasteiger partial charge in [-0.15, -0.1) is 0 Å². The Morgan fingerprint density at radius 2 is 1.46 bits per heavy atom. The number of benzene rings is 2. The first-order chi connectivity index (χ1) is 17.3. The highest BCUT2D eigenvalue weighted by Gasteiger charge is 2.45. The zero-order valence-electron chi connectivity index (χ0n) is 20.5. The second-order valence-corrected chi connectivity index (χ2v) is 8.89. The van der Waals surface area contributed by atoms with Crippen LogP contribution in [0.1, 0.15) is 42.7 Å². The van der Waals surface area contributed by atoms with E-state index in [0.29, 0.717) is 5.75 Å². The molecule has 0 aliphatic heterocycles. The number of Topliss-reactive ketones (excluding diaryl/α,β-unsaturated/α-hetero) is 1. The molecule has 0 heterocycles. The summed E-state index contributed by atoms with van der Waals surface area (Å²) in [5.74, 6) is -5.06. The summed E-state index contributed by atoms with van der Waals surface area (Å²) >= 11 is 6.01. The number of amides is 3. The molecule has 0 aromatic heterocycles. The number of alkyl halides is 3. The van der Waals surface area contributed by atoms with Crippen LogP contribution in [0.2, 0.25) is 5.02 Å². The van der Waals surface area contributed by atoms with Crippen LogP contribution < -0.4 is 20.7 Å². The molecule has 0 fully saturated rings. The van der Waals surface area contributed by atoms with Crippen LogP contribution in [0.15, 0.2) is 48.5 Å². The molecule has 200 valence electrons. The number of ether oxygens (including phenoxy) is 1. The summed E-state index contributed by atoms with van der Waals surface area (Å²) in [6.07, 6.45) is -5.17. The molecule has 2 aromatic carbocycles. The highest BCUT2D eigenvalue weighted by atomic mass is 35.5. The summed E-state index contributed by atoms with van der Waals surface area (Å²) in [4.78, 5) is 50.4. The predicted molar refractivity (Wildman–Crippen MR) is 130 cm³/mol. The van der Waals surface area contributed by atoms with Crippen LogP contribution in [0.25, 0.3) is 0 Å².